The third-order valence-electron chi connectivity index (χ3n) is 3.92. The SMILES string of the molecule is CNc1ccccc1C(=O)NCC1CN(C)CCN1C. The Morgan fingerprint density at radius 2 is 2.05 bits per heavy atom. The van der Waals surface area contributed by atoms with Crippen LogP contribution < -0.4 is 10.6 Å². The molecule has 0 radical (unpaired) electrons. The standard InChI is InChI=1S/C15H24N4O/c1-16-14-7-5-4-6-13(14)15(20)17-10-12-11-18(2)8-9-19(12)3/h4-7,12,16H,8-11H2,1-3H3,(H,17,20). The van der Waals surface area contributed by atoms with Crippen LogP contribution in [0.1, 0.15) is 10.4 Å². The Bertz CT molecular complexity index is 463. The van der Waals surface area contributed by atoms with Crippen LogP contribution in [0.25, 0.3) is 0 Å². The molecule has 20 heavy (non-hydrogen) atoms. The van der Waals surface area contributed by atoms with Gasteiger partial charge in [-0.3, -0.25) is 9.69 Å². The number of carbonyl (C=O) groups excluding carboxylic acids is 1. The lowest BCUT2D eigenvalue weighted by Gasteiger charge is -2.37. The van der Waals surface area contributed by atoms with E-state index in [-0.39, 0.29) is 5.91 Å². The number of hydrogen-bond donors (Lipinski definition) is 2. The number of amides is 1. The molecule has 0 aromatic heterocycles. The number of hydrogen-bond acceptors (Lipinski definition) is 4. The van der Waals surface area contributed by atoms with Gasteiger partial charge in [-0.15, -0.1) is 0 Å². The van der Waals surface area contributed by atoms with Gasteiger partial charge in [0.2, 0.25) is 0 Å². The van der Waals surface area contributed by atoms with Gasteiger partial charge in [0.25, 0.3) is 5.91 Å². The molecule has 1 fully saturated rings. The lowest BCUT2D eigenvalue weighted by atomic mass is 10.1. The van der Waals surface area contributed by atoms with E-state index in [1.54, 1.807) is 0 Å². The van der Waals surface area contributed by atoms with Gasteiger partial charge < -0.3 is 15.5 Å². The van der Waals surface area contributed by atoms with E-state index in [0.29, 0.717) is 18.2 Å². The summed E-state index contributed by atoms with van der Waals surface area (Å²) < 4.78 is 0. The number of carbonyl (C=O) groups is 1. The van der Waals surface area contributed by atoms with Crippen molar-refractivity contribution in [3.05, 3.63) is 29.8 Å². The van der Waals surface area contributed by atoms with E-state index < -0.39 is 0 Å². The first-order chi connectivity index (χ1) is 9.61. The van der Waals surface area contributed by atoms with Crippen molar-refractivity contribution in [2.75, 3.05) is 52.6 Å². The molecular formula is C15H24N4O. The largest absolute Gasteiger partial charge is 0.387 e. The zero-order chi connectivity index (χ0) is 14.5. The summed E-state index contributed by atoms with van der Waals surface area (Å²) in [5.74, 6) is -0.0171. The van der Waals surface area contributed by atoms with E-state index in [0.717, 1.165) is 25.3 Å². The second-order valence-electron chi connectivity index (χ2n) is 5.40. The van der Waals surface area contributed by atoms with E-state index in [2.05, 4.69) is 34.5 Å². The molecule has 1 aliphatic heterocycles. The van der Waals surface area contributed by atoms with E-state index in [4.69, 9.17) is 0 Å². The van der Waals surface area contributed by atoms with Crippen LogP contribution in [0.15, 0.2) is 24.3 Å². The van der Waals surface area contributed by atoms with Gasteiger partial charge in [-0.2, -0.15) is 0 Å². The van der Waals surface area contributed by atoms with Crippen molar-refractivity contribution in [1.82, 2.24) is 15.1 Å². The fourth-order valence-electron chi connectivity index (χ4n) is 2.53. The van der Waals surface area contributed by atoms with Crippen molar-refractivity contribution in [3.8, 4) is 0 Å². The van der Waals surface area contributed by atoms with Crippen LogP contribution in [0.2, 0.25) is 0 Å². The molecule has 1 aliphatic rings. The average molecular weight is 276 g/mol. The zero-order valence-electron chi connectivity index (χ0n) is 12.5. The quantitative estimate of drug-likeness (QED) is 0.850. The summed E-state index contributed by atoms with van der Waals surface area (Å²) >= 11 is 0. The lowest BCUT2D eigenvalue weighted by Crippen LogP contribution is -2.54. The van der Waals surface area contributed by atoms with Crippen molar-refractivity contribution in [1.29, 1.82) is 0 Å². The van der Waals surface area contributed by atoms with E-state index in [9.17, 15) is 4.79 Å². The molecule has 0 spiro atoms. The van der Waals surface area contributed by atoms with Crippen molar-refractivity contribution in [2.45, 2.75) is 6.04 Å². The highest BCUT2D eigenvalue weighted by molar-refractivity contribution is 5.99. The van der Waals surface area contributed by atoms with E-state index in [1.165, 1.54) is 0 Å². The summed E-state index contributed by atoms with van der Waals surface area (Å²) in [6.45, 7) is 3.80. The monoisotopic (exact) mass is 276 g/mol. The average Bonchev–Trinajstić information content (AvgIpc) is 2.47. The molecule has 1 saturated heterocycles. The third kappa shape index (κ3) is 3.49. The van der Waals surface area contributed by atoms with Crippen molar-refractivity contribution < 1.29 is 4.79 Å². The number of rotatable bonds is 4. The van der Waals surface area contributed by atoms with Crippen molar-refractivity contribution in [3.63, 3.8) is 0 Å². The van der Waals surface area contributed by atoms with Crippen molar-refractivity contribution in [2.24, 2.45) is 0 Å². The van der Waals surface area contributed by atoms with E-state index in [1.807, 2.05) is 31.3 Å². The Morgan fingerprint density at radius 1 is 1.30 bits per heavy atom. The molecule has 1 atom stereocenters. The highest BCUT2D eigenvalue weighted by atomic mass is 16.1. The molecule has 5 heteroatoms. The maximum atomic E-state index is 12.3. The molecule has 2 N–H and O–H groups in total. The Labute approximate surface area is 120 Å². The number of para-hydroxylation sites is 1. The predicted molar refractivity (Wildman–Crippen MR) is 82.2 cm³/mol. The first-order valence-corrected chi connectivity index (χ1v) is 7.05. The van der Waals surface area contributed by atoms with E-state index >= 15 is 0 Å². The zero-order valence-corrected chi connectivity index (χ0v) is 12.5. The number of anilines is 1. The minimum Gasteiger partial charge on any atom is -0.387 e. The highest BCUT2D eigenvalue weighted by Crippen LogP contribution is 2.14. The maximum absolute atomic E-state index is 12.3. The normalized spacial score (nSPS) is 20.6. The Hall–Kier alpha value is -1.59. The topological polar surface area (TPSA) is 47.6 Å². The molecular weight excluding hydrogens is 252 g/mol. The molecule has 1 aromatic rings. The van der Waals surface area contributed by atoms with Gasteiger partial charge in [-0.25, -0.2) is 0 Å². The summed E-state index contributed by atoms with van der Waals surface area (Å²) in [5.41, 5.74) is 1.56. The number of piperazine rings is 1. The summed E-state index contributed by atoms with van der Waals surface area (Å²) in [6.07, 6.45) is 0. The van der Waals surface area contributed by atoms with Crippen LogP contribution in [0.3, 0.4) is 0 Å². The molecule has 1 unspecified atom stereocenters. The van der Waals surface area contributed by atoms with Gasteiger partial charge in [-0.1, -0.05) is 12.1 Å². The minimum absolute atomic E-state index is 0.0171. The number of nitrogens with zero attached hydrogens (tertiary/aromatic N) is 2. The highest BCUT2D eigenvalue weighted by Gasteiger charge is 2.22. The van der Waals surface area contributed by atoms with Crippen LogP contribution in [0.5, 0.6) is 0 Å². The lowest BCUT2D eigenvalue weighted by molar-refractivity contribution is 0.0882. The molecule has 1 aromatic carbocycles. The summed E-state index contributed by atoms with van der Waals surface area (Å²) in [5, 5.41) is 6.10. The molecule has 5 nitrogen and oxygen atoms in total. The van der Waals surface area contributed by atoms with Crippen LogP contribution >= 0.6 is 0 Å². The summed E-state index contributed by atoms with van der Waals surface area (Å²) in [4.78, 5) is 16.9. The molecule has 1 amide bonds. The second kappa shape index (κ2) is 6.72. The first-order valence-electron chi connectivity index (χ1n) is 7.05. The Balaban J connectivity index is 1.94. The Kier molecular flexibility index (Phi) is 4.98. The Morgan fingerprint density at radius 3 is 2.80 bits per heavy atom. The fourth-order valence-corrected chi connectivity index (χ4v) is 2.53. The molecule has 0 aliphatic carbocycles. The van der Waals surface area contributed by atoms with Crippen LogP contribution in [0, 0.1) is 0 Å². The number of nitrogens with one attached hydrogen (secondary N) is 2. The smallest absolute Gasteiger partial charge is 0.253 e. The first kappa shape index (κ1) is 14.8. The number of benzene rings is 1. The van der Waals surface area contributed by atoms with Crippen LogP contribution in [0.4, 0.5) is 5.69 Å². The minimum atomic E-state index is -0.0171. The summed E-state index contributed by atoms with van der Waals surface area (Å²) in [6, 6.07) is 7.94. The molecule has 0 saturated carbocycles. The van der Waals surface area contributed by atoms with Crippen LogP contribution in [-0.4, -0.2) is 69.1 Å². The number of likely N-dealkylation sites (N-methyl/N-ethyl adjacent to an activating group) is 2. The van der Waals surface area contributed by atoms with Gasteiger partial charge in [0.1, 0.15) is 0 Å². The van der Waals surface area contributed by atoms with Crippen LogP contribution in [-0.2, 0) is 0 Å². The van der Waals surface area contributed by atoms with Gasteiger partial charge in [0.05, 0.1) is 5.56 Å². The van der Waals surface area contributed by atoms with Gasteiger partial charge >= 0.3 is 0 Å². The van der Waals surface area contributed by atoms with Gasteiger partial charge in [0, 0.05) is 45.0 Å². The summed E-state index contributed by atoms with van der Waals surface area (Å²) in [7, 11) is 6.07. The van der Waals surface area contributed by atoms with Gasteiger partial charge in [-0.05, 0) is 26.2 Å². The maximum Gasteiger partial charge on any atom is 0.253 e. The molecule has 1 heterocycles. The predicted octanol–water partition coefficient (Wildman–Crippen LogP) is 0.704. The second-order valence-corrected chi connectivity index (χ2v) is 5.40. The fraction of sp³-hybridized carbons (Fsp3) is 0.533. The molecule has 2 rings (SSSR count). The van der Waals surface area contributed by atoms with Crippen molar-refractivity contribution >= 4 is 11.6 Å². The molecule has 110 valence electrons. The molecule has 0 bridgehead atoms. The van der Waals surface area contributed by atoms with Gasteiger partial charge in [0.15, 0.2) is 0 Å². The third-order valence-corrected chi connectivity index (χ3v) is 3.92.